The molecule has 0 spiro atoms. The van der Waals surface area contributed by atoms with Gasteiger partial charge in [0, 0.05) is 30.4 Å². The lowest BCUT2D eigenvalue weighted by Gasteiger charge is -2.37. The Bertz CT molecular complexity index is 1730. The minimum Gasteiger partial charge on any atom is -0.494 e. The predicted octanol–water partition coefficient (Wildman–Crippen LogP) is 3.34. The zero-order valence-corrected chi connectivity index (χ0v) is 24.1. The van der Waals surface area contributed by atoms with Crippen LogP contribution in [0.25, 0.3) is 22.7 Å². The quantitative estimate of drug-likeness (QED) is 0.264. The third-order valence-electron chi connectivity index (χ3n) is 6.77. The Balaban J connectivity index is 1.98. The fourth-order valence-electron chi connectivity index (χ4n) is 4.90. The maximum Gasteiger partial charge on any atom is 0.215 e. The van der Waals surface area contributed by atoms with Crippen LogP contribution in [0.2, 0.25) is 0 Å². The van der Waals surface area contributed by atoms with E-state index in [0.717, 1.165) is 0 Å². The van der Waals surface area contributed by atoms with Crippen LogP contribution >= 0.6 is 0 Å². The molecule has 0 aliphatic heterocycles. The van der Waals surface area contributed by atoms with E-state index in [9.17, 15) is 8.42 Å². The number of benzene rings is 1. The number of nitrogens with two attached hydrogens (primary N) is 1. The lowest BCUT2D eigenvalue weighted by molar-refractivity contribution is -0.0658. The van der Waals surface area contributed by atoms with Gasteiger partial charge >= 0.3 is 0 Å². The van der Waals surface area contributed by atoms with Gasteiger partial charge in [-0.05, 0) is 57.2 Å². The second-order valence-electron chi connectivity index (χ2n) is 9.66. The summed E-state index contributed by atoms with van der Waals surface area (Å²) in [6.07, 6.45) is 6.30. The number of para-hydroxylation sites is 1. The largest absolute Gasteiger partial charge is 0.494 e. The van der Waals surface area contributed by atoms with Gasteiger partial charge < -0.3 is 18.6 Å². The molecule has 0 amide bonds. The van der Waals surface area contributed by atoms with Crippen molar-refractivity contribution >= 4 is 15.7 Å². The summed E-state index contributed by atoms with van der Waals surface area (Å²) in [6.45, 7) is 5.07. The lowest BCUT2D eigenvalue weighted by atomic mass is 9.93. The lowest BCUT2D eigenvalue weighted by Crippen LogP contribution is -2.51. The number of imidazole rings is 1. The van der Waals surface area contributed by atoms with Crippen molar-refractivity contribution in [2.24, 2.45) is 5.14 Å². The number of hydrogen-bond acceptors (Lipinski definition) is 9. The van der Waals surface area contributed by atoms with Crippen LogP contribution in [0.5, 0.6) is 11.5 Å². The number of hydrogen-bond donors (Lipinski definition) is 1. The Morgan fingerprint density at radius 2 is 1.68 bits per heavy atom. The number of methoxy groups -OCH3 is 2. The van der Waals surface area contributed by atoms with Crippen molar-refractivity contribution in [1.82, 2.24) is 29.1 Å². The normalized spacial score (nSPS) is 14.2. The van der Waals surface area contributed by atoms with E-state index in [0.29, 0.717) is 34.2 Å². The van der Waals surface area contributed by atoms with E-state index in [-0.39, 0.29) is 11.5 Å². The van der Waals surface area contributed by atoms with Crippen LogP contribution in [0.4, 0.5) is 0 Å². The average Bonchev–Trinajstić information content (AvgIpc) is 3.60. The van der Waals surface area contributed by atoms with E-state index < -0.39 is 27.0 Å². The molecular weight excluding hydrogens is 546 g/mol. The van der Waals surface area contributed by atoms with Gasteiger partial charge in [-0.1, -0.05) is 12.1 Å². The first-order chi connectivity index (χ1) is 19.6. The van der Waals surface area contributed by atoms with Gasteiger partial charge in [0.2, 0.25) is 10.0 Å². The molecule has 4 heterocycles. The van der Waals surface area contributed by atoms with Crippen LogP contribution in [0.1, 0.15) is 32.3 Å². The van der Waals surface area contributed by atoms with Crippen molar-refractivity contribution in [3.63, 3.8) is 0 Å². The van der Waals surface area contributed by atoms with Crippen LogP contribution < -0.4 is 14.6 Å². The number of pyridine rings is 2. The molecular formula is C28H31N7O5S. The summed E-state index contributed by atoms with van der Waals surface area (Å²) in [7, 11) is -1.20. The molecule has 41 heavy (non-hydrogen) atoms. The zero-order chi connectivity index (χ0) is 29.4. The number of nitrogens with zero attached hydrogens (tertiary/aromatic N) is 6. The molecule has 0 fully saturated rings. The van der Waals surface area contributed by atoms with Gasteiger partial charge in [0.15, 0.2) is 17.2 Å². The predicted molar refractivity (Wildman–Crippen MR) is 152 cm³/mol. The van der Waals surface area contributed by atoms with E-state index in [4.69, 9.17) is 24.3 Å². The minimum absolute atomic E-state index is 0.109. The summed E-state index contributed by atoms with van der Waals surface area (Å²) in [5, 5.41) is 13.7. The Morgan fingerprint density at radius 1 is 0.951 bits per heavy atom. The summed E-state index contributed by atoms with van der Waals surface area (Å²) in [5.74, 6) is 1.30. The molecule has 0 radical (unpaired) electrons. The molecule has 0 saturated heterocycles. The van der Waals surface area contributed by atoms with E-state index in [1.54, 1.807) is 71.7 Å². The number of sulfonamides is 1. The summed E-state index contributed by atoms with van der Waals surface area (Å²) in [4.78, 5) is 9.07. The molecule has 13 heteroatoms. The van der Waals surface area contributed by atoms with Gasteiger partial charge in [0.1, 0.15) is 33.8 Å². The molecule has 4 aromatic heterocycles. The summed E-state index contributed by atoms with van der Waals surface area (Å²) < 4.78 is 48.1. The monoisotopic (exact) mass is 577 g/mol. The number of aromatic nitrogens is 6. The SMILES string of the molecule is COc1cccc(OC)c1-n1c(-c2cccnc2)nnc1C(OC(C)C)(c1cn2ccccc2n1)C(C)S(N)(=O)=O. The first kappa shape index (κ1) is 28.2. The molecule has 5 rings (SSSR count). The van der Waals surface area contributed by atoms with Crippen molar-refractivity contribution < 1.29 is 22.6 Å². The maximum absolute atomic E-state index is 13.2. The third-order valence-corrected chi connectivity index (χ3v) is 8.09. The Morgan fingerprint density at radius 3 is 2.27 bits per heavy atom. The van der Waals surface area contributed by atoms with Gasteiger partial charge in [0.05, 0.1) is 20.3 Å². The molecule has 12 nitrogen and oxygen atoms in total. The second kappa shape index (κ2) is 10.9. The molecule has 2 unspecified atom stereocenters. The Labute approximate surface area is 237 Å². The van der Waals surface area contributed by atoms with Gasteiger partial charge in [-0.25, -0.2) is 18.5 Å². The Hall–Kier alpha value is -4.33. The van der Waals surface area contributed by atoms with Crippen LogP contribution in [0.3, 0.4) is 0 Å². The molecule has 214 valence electrons. The first-order valence-corrected chi connectivity index (χ1v) is 14.4. The van der Waals surface area contributed by atoms with Crippen LogP contribution in [-0.2, 0) is 20.4 Å². The molecule has 0 aliphatic rings. The highest BCUT2D eigenvalue weighted by atomic mass is 32.2. The van der Waals surface area contributed by atoms with Gasteiger partial charge in [-0.2, -0.15) is 0 Å². The van der Waals surface area contributed by atoms with Gasteiger partial charge in [0.25, 0.3) is 0 Å². The van der Waals surface area contributed by atoms with E-state index >= 15 is 0 Å². The summed E-state index contributed by atoms with van der Waals surface area (Å²) in [6, 6.07) is 14.4. The van der Waals surface area contributed by atoms with Crippen molar-refractivity contribution in [3.05, 3.63) is 84.8 Å². The number of rotatable bonds is 10. The van der Waals surface area contributed by atoms with Crippen LogP contribution in [-0.4, -0.2) is 63.1 Å². The van der Waals surface area contributed by atoms with E-state index in [1.165, 1.54) is 21.1 Å². The zero-order valence-electron chi connectivity index (χ0n) is 23.3. The molecule has 0 saturated carbocycles. The molecule has 0 bridgehead atoms. The highest BCUT2D eigenvalue weighted by Crippen LogP contribution is 2.44. The fraction of sp³-hybridized carbons (Fsp3) is 0.286. The number of ether oxygens (including phenoxy) is 3. The highest BCUT2D eigenvalue weighted by Gasteiger charge is 2.53. The van der Waals surface area contributed by atoms with E-state index in [1.807, 2.05) is 24.4 Å². The van der Waals surface area contributed by atoms with E-state index in [2.05, 4.69) is 15.2 Å². The second-order valence-corrected chi connectivity index (χ2v) is 11.5. The average molecular weight is 578 g/mol. The highest BCUT2D eigenvalue weighted by molar-refractivity contribution is 7.89. The van der Waals surface area contributed by atoms with Crippen molar-refractivity contribution in [3.8, 4) is 28.6 Å². The first-order valence-electron chi connectivity index (χ1n) is 12.8. The van der Waals surface area contributed by atoms with Crippen molar-refractivity contribution in [2.45, 2.75) is 37.7 Å². The smallest absolute Gasteiger partial charge is 0.215 e. The molecule has 1 aromatic carbocycles. The summed E-state index contributed by atoms with van der Waals surface area (Å²) >= 11 is 0. The minimum atomic E-state index is -4.26. The van der Waals surface area contributed by atoms with Crippen LogP contribution in [0, 0.1) is 0 Å². The number of primary sulfonamides is 1. The van der Waals surface area contributed by atoms with Gasteiger partial charge in [-0.15, -0.1) is 10.2 Å². The van der Waals surface area contributed by atoms with Crippen LogP contribution in [0.15, 0.2) is 73.3 Å². The topological polar surface area (TPSA) is 149 Å². The van der Waals surface area contributed by atoms with Crippen molar-refractivity contribution in [2.75, 3.05) is 14.2 Å². The molecule has 5 aromatic rings. The third kappa shape index (κ3) is 4.92. The number of fused-ring (bicyclic) bond motifs is 1. The Kier molecular flexibility index (Phi) is 7.51. The van der Waals surface area contributed by atoms with Crippen molar-refractivity contribution in [1.29, 1.82) is 0 Å². The molecule has 2 atom stereocenters. The maximum atomic E-state index is 13.2. The summed E-state index contributed by atoms with van der Waals surface area (Å²) in [5.41, 5.74) is 0.0513. The fourth-order valence-corrected chi connectivity index (χ4v) is 5.65. The molecule has 2 N–H and O–H groups in total. The van der Waals surface area contributed by atoms with Gasteiger partial charge in [-0.3, -0.25) is 9.55 Å². The molecule has 0 aliphatic carbocycles. The standard InChI is InChI=1S/C28H31N7O5S/c1-18(2)40-28(19(3)41(29,36)37,23-17-34-15-7-6-13-24(34)31-23)27-33-32-26(20-10-9-14-30-16-20)35(27)25-21(38-4)11-8-12-22(25)39-5/h6-19H,1-5H3,(H2,29,36,37).